The number of benzene rings is 2. The zero-order valence-corrected chi connectivity index (χ0v) is 14.3. The summed E-state index contributed by atoms with van der Waals surface area (Å²) < 4.78 is 12.2. The molecular formula is C17H16INO3. The molecule has 0 bridgehead atoms. The third kappa shape index (κ3) is 3.52. The predicted molar refractivity (Wildman–Crippen MR) is 93.7 cm³/mol. The first-order chi connectivity index (χ1) is 10.6. The van der Waals surface area contributed by atoms with Crippen LogP contribution in [0.2, 0.25) is 0 Å². The summed E-state index contributed by atoms with van der Waals surface area (Å²) in [5.41, 5.74) is 2.82. The van der Waals surface area contributed by atoms with Crippen LogP contribution in [0.15, 0.2) is 36.4 Å². The number of amides is 1. The molecule has 1 aliphatic rings. The maximum Gasteiger partial charge on any atom is 0.228 e. The summed E-state index contributed by atoms with van der Waals surface area (Å²) in [5, 5.41) is 2.95. The van der Waals surface area contributed by atoms with E-state index in [-0.39, 0.29) is 5.91 Å². The first-order valence-electron chi connectivity index (χ1n) is 7.06. The molecule has 1 aliphatic heterocycles. The molecule has 22 heavy (non-hydrogen) atoms. The van der Waals surface area contributed by atoms with E-state index in [9.17, 15) is 4.79 Å². The minimum Gasteiger partial charge on any atom is -0.486 e. The summed E-state index contributed by atoms with van der Waals surface area (Å²) in [6, 6.07) is 11.6. The molecule has 0 unspecified atom stereocenters. The molecule has 0 aliphatic carbocycles. The molecular weight excluding hydrogens is 393 g/mol. The zero-order chi connectivity index (χ0) is 15.5. The van der Waals surface area contributed by atoms with Crippen molar-refractivity contribution in [2.24, 2.45) is 0 Å². The molecule has 2 aromatic carbocycles. The van der Waals surface area contributed by atoms with E-state index in [1.54, 1.807) is 0 Å². The van der Waals surface area contributed by atoms with E-state index in [2.05, 4.69) is 27.9 Å². The first kappa shape index (κ1) is 15.1. The molecule has 0 saturated carbocycles. The molecule has 1 heterocycles. The number of hydrogen-bond donors (Lipinski definition) is 1. The lowest BCUT2D eigenvalue weighted by atomic mass is 10.1. The van der Waals surface area contributed by atoms with E-state index in [0.717, 1.165) is 26.1 Å². The fraction of sp³-hybridized carbons (Fsp3) is 0.235. The van der Waals surface area contributed by atoms with Gasteiger partial charge in [-0.15, -0.1) is 0 Å². The highest BCUT2D eigenvalue weighted by molar-refractivity contribution is 14.1. The van der Waals surface area contributed by atoms with E-state index in [1.165, 1.54) is 0 Å². The Bertz CT molecular complexity index is 715. The molecule has 114 valence electrons. The minimum atomic E-state index is -0.0408. The number of hydrogen-bond acceptors (Lipinski definition) is 3. The second kappa shape index (κ2) is 6.56. The van der Waals surface area contributed by atoms with Gasteiger partial charge in [-0.05, 0) is 71.0 Å². The second-order valence-corrected chi connectivity index (χ2v) is 6.41. The van der Waals surface area contributed by atoms with Gasteiger partial charge in [-0.25, -0.2) is 0 Å². The van der Waals surface area contributed by atoms with Crippen molar-refractivity contribution < 1.29 is 14.3 Å². The monoisotopic (exact) mass is 409 g/mol. The molecule has 5 heteroatoms. The molecule has 4 nitrogen and oxygen atoms in total. The van der Waals surface area contributed by atoms with E-state index in [1.807, 2.05) is 43.3 Å². The fourth-order valence-electron chi connectivity index (χ4n) is 2.34. The number of fused-ring (bicyclic) bond motifs is 1. The van der Waals surface area contributed by atoms with Crippen molar-refractivity contribution in [2.45, 2.75) is 13.3 Å². The molecule has 0 saturated heterocycles. The van der Waals surface area contributed by atoms with Gasteiger partial charge in [0.2, 0.25) is 5.91 Å². The van der Waals surface area contributed by atoms with Crippen LogP contribution in [0.4, 0.5) is 5.69 Å². The topological polar surface area (TPSA) is 47.6 Å². The van der Waals surface area contributed by atoms with Crippen molar-refractivity contribution in [1.82, 2.24) is 0 Å². The van der Waals surface area contributed by atoms with E-state index < -0.39 is 0 Å². The Hall–Kier alpha value is -1.76. The van der Waals surface area contributed by atoms with Crippen molar-refractivity contribution in [1.29, 1.82) is 0 Å². The normalized spacial score (nSPS) is 12.8. The molecule has 2 aromatic rings. The van der Waals surface area contributed by atoms with E-state index >= 15 is 0 Å². The van der Waals surface area contributed by atoms with Crippen molar-refractivity contribution in [3.8, 4) is 11.5 Å². The first-order valence-corrected chi connectivity index (χ1v) is 8.14. The number of ether oxygens (including phenoxy) is 2. The number of carbonyl (C=O) groups is 1. The summed E-state index contributed by atoms with van der Waals surface area (Å²) in [5.74, 6) is 1.41. The molecule has 0 aromatic heterocycles. The maximum absolute atomic E-state index is 12.2. The molecule has 3 rings (SSSR count). The SMILES string of the molecule is Cc1cc(I)ccc1NC(=O)Cc1ccc2c(c1)OCCO2. The lowest BCUT2D eigenvalue weighted by Gasteiger charge is -2.18. The van der Waals surface area contributed by atoms with Crippen LogP contribution in [0.1, 0.15) is 11.1 Å². The van der Waals surface area contributed by atoms with Gasteiger partial charge in [0, 0.05) is 9.26 Å². The Balaban J connectivity index is 1.69. The number of halogens is 1. The van der Waals surface area contributed by atoms with Gasteiger partial charge in [-0.2, -0.15) is 0 Å². The number of aryl methyl sites for hydroxylation is 1. The Morgan fingerprint density at radius 3 is 2.68 bits per heavy atom. The van der Waals surface area contributed by atoms with Crippen LogP contribution >= 0.6 is 22.6 Å². The quantitative estimate of drug-likeness (QED) is 0.789. The Morgan fingerprint density at radius 2 is 1.91 bits per heavy atom. The summed E-state index contributed by atoms with van der Waals surface area (Å²) in [4.78, 5) is 12.2. The van der Waals surface area contributed by atoms with E-state index in [4.69, 9.17) is 9.47 Å². The van der Waals surface area contributed by atoms with Crippen LogP contribution in [0.25, 0.3) is 0 Å². The van der Waals surface area contributed by atoms with Gasteiger partial charge in [0.05, 0.1) is 6.42 Å². The third-order valence-electron chi connectivity index (χ3n) is 3.43. The molecule has 0 radical (unpaired) electrons. The van der Waals surface area contributed by atoms with Crippen LogP contribution in [-0.2, 0) is 11.2 Å². The highest BCUT2D eigenvalue weighted by Crippen LogP contribution is 2.31. The molecule has 1 amide bonds. The van der Waals surface area contributed by atoms with Crippen LogP contribution in [0, 0.1) is 10.5 Å². The number of anilines is 1. The average Bonchev–Trinajstić information content (AvgIpc) is 2.50. The highest BCUT2D eigenvalue weighted by Gasteiger charge is 2.13. The summed E-state index contributed by atoms with van der Waals surface area (Å²) in [6.07, 6.45) is 0.308. The highest BCUT2D eigenvalue weighted by atomic mass is 127. The predicted octanol–water partition coefficient (Wildman–Crippen LogP) is 3.55. The van der Waals surface area contributed by atoms with Crippen molar-refractivity contribution in [2.75, 3.05) is 18.5 Å². The van der Waals surface area contributed by atoms with Gasteiger partial charge in [-0.1, -0.05) is 6.07 Å². The van der Waals surface area contributed by atoms with Crippen LogP contribution in [0.5, 0.6) is 11.5 Å². The summed E-state index contributed by atoms with van der Waals surface area (Å²) >= 11 is 2.26. The van der Waals surface area contributed by atoms with Crippen LogP contribution < -0.4 is 14.8 Å². The van der Waals surface area contributed by atoms with Gasteiger partial charge in [-0.3, -0.25) is 4.79 Å². The number of rotatable bonds is 3. The van der Waals surface area contributed by atoms with Gasteiger partial charge in [0.15, 0.2) is 11.5 Å². The molecule has 0 atom stereocenters. The Labute approximate surface area is 143 Å². The summed E-state index contributed by atoms with van der Waals surface area (Å²) in [6.45, 7) is 3.10. The van der Waals surface area contributed by atoms with Crippen molar-refractivity contribution in [3.63, 3.8) is 0 Å². The Kier molecular flexibility index (Phi) is 4.52. The second-order valence-electron chi connectivity index (χ2n) is 5.16. The zero-order valence-electron chi connectivity index (χ0n) is 12.2. The minimum absolute atomic E-state index is 0.0408. The van der Waals surface area contributed by atoms with Gasteiger partial charge < -0.3 is 14.8 Å². The lowest BCUT2D eigenvalue weighted by molar-refractivity contribution is -0.115. The number of nitrogens with one attached hydrogen (secondary N) is 1. The smallest absolute Gasteiger partial charge is 0.228 e. The largest absolute Gasteiger partial charge is 0.486 e. The average molecular weight is 409 g/mol. The van der Waals surface area contributed by atoms with Crippen LogP contribution in [0.3, 0.4) is 0 Å². The van der Waals surface area contributed by atoms with Gasteiger partial charge in [0.1, 0.15) is 13.2 Å². The van der Waals surface area contributed by atoms with Crippen molar-refractivity contribution in [3.05, 3.63) is 51.1 Å². The third-order valence-corrected chi connectivity index (χ3v) is 4.10. The Morgan fingerprint density at radius 1 is 1.14 bits per heavy atom. The molecule has 0 spiro atoms. The number of carbonyl (C=O) groups excluding carboxylic acids is 1. The standard InChI is InChI=1S/C17H16INO3/c1-11-8-13(18)3-4-14(11)19-17(20)10-12-2-5-15-16(9-12)22-7-6-21-15/h2-5,8-9H,6-7,10H2,1H3,(H,19,20). The molecule has 1 N–H and O–H groups in total. The molecule has 0 fully saturated rings. The lowest BCUT2D eigenvalue weighted by Crippen LogP contribution is -2.17. The van der Waals surface area contributed by atoms with E-state index in [0.29, 0.717) is 25.4 Å². The van der Waals surface area contributed by atoms with Crippen LogP contribution in [-0.4, -0.2) is 19.1 Å². The van der Waals surface area contributed by atoms with Crippen molar-refractivity contribution >= 4 is 34.2 Å². The fourth-order valence-corrected chi connectivity index (χ4v) is 2.99. The summed E-state index contributed by atoms with van der Waals surface area (Å²) in [7, 11) is 0. The van der Waals surface area contributed by atoms with Gasteiger partial charge >= 0.3 is 0 Å². The van der Waals surface area contributed by atoms with Gasteiger partial charge in [0.25, 0.3) is 0 Å². The maximum atomic E-state index is 12.2.